The number of carbonyl (C=O) groups is 1. The Morgan fingerprint density at radius 2 is 1.96 bits per heavy atom. The van der Waals surface area contributed by atoms with Crippen LogP contribution >= 0.6 is 0 Å². The minimum atomic E-state index is -0.348. The molecule has 0 unspecified atom stereocenters. The number of hydrogen-bond acceptors (Lipinski definition) is 3. The molecule has 1 amide bonds. The fraction of sp³-hybridized carbons (Fsp3) is 0.400. The summed E-state index contributed by atoms with van der Waals surface area (Å²) in [6.45, 7) is 5.46. The standard InChI is InChI=1S/C20H26N2O3/c1-15(2)11-14-25-18-9-5-4-7-16(18)10-12-21-19(23)17-8-6-13-22(3)20(17)24/h4-9,13,15H,10-12,14H2,1-3H3,(H,21,23). The van der Waals surface area contributed by atoms with Gasteiger partial charge in [0.2, 0.25) is 0 Å². The number of hydrogen-bond donors (Lipinski definition) is 1. The fourth-order valence-corrected chi connectivity index (χ4v) is 2.43. The normalized spacial score (nSPS) is 10.7. The second-order valence-electron chi connectivity index (χ2n) is 6.48. The first-order chi connectivity index (χ1) is 12.0. The van der Waals surface area contributed by atoms with E-state index in [0.29, 0.717) is 25.5 Å². The largest absolute Gasteiger partial charge is 0.493 e. The van der Waals surface area contributed by atoms with Crippen LogP contribution in [0.3, 0.4) is 0 Å². The second-order valence-corrected chi connectivity index (χ2v) is 6.48. The molecule has 2 rings (SSSR count). The Hall–Kier alpha value is -2.56. The van der Waals surface area contributed by atoms with Gasteiger partial charge < -0.3 is 14.6 Å². The van der Waals surface area contributed by atoms with Crippen LogP contribution in [0.1, 0.15) is 36.2 Å². The maximum atomic E-state index is 12.2. The number of nitrogens with one attached hydrogen (secondary N) is 1. The maximum Gasteiger partial charge on any atom is 0.263 e. The van der Waals surface area contributed by atoms with Crippen molar-refractivity contribution in [2.75, 3.05) is 13.2 Å². The number of nitrogens with zero attached hydrogens (tertiary/aromatic N) is 1. The van der Waals surface area contributed by atoms with Crippen molar-refractivity contribution in [3.8, 4) is 5.75 Å². The first kappa shape index (κ1) is 18.8. The molecule has 0 radical (unpaired) electrons. The van der Waals surface area contributed by atoms with Gasteiger partial charge in [-0.05, 0) is 42.5 Å². The van der Waals surface area contributed by atoms with Gasteiger partial charge in [-0.3, -0.25) is 9.59 Å². The summed E-state index contributed by atoms with van der Waals surface area (Å²) in [4.78, 5) is 24.1. The molecule has 5 nitrogen and oxygen atoms in total. The van der Waals surface area contributed by atoms with Crippen LogP contribution in [0.5, 0.6) is 5.75 Å². The lowest BCUT2D eigenvalue weighted by Crippen LogP contribution is -2.33. The van der Waals surface area contributed by atoms with Gasteiger partial charge in [0.15, 0.2) is 0 Å². The van der Waals surface area contributed by atoms with Gasteiger partial charge in [-0.15, -0.1) is 0 Å². The van der Waals surface area contributed by atoms with Gasteiger partial charge in [0.05, 0.1) is 6.61 Å². The third kappa shape index (κ3) is 5.48. The van der Waals surface area contributed by atoms with Crippen LogP contribution in [0.2, 0.25) is 0 Å². The zero-order valence-corrected chi connectivity index (χ0v) is 15.1. The lowest BCUT2D eigenvalue weighted by molar-refractivity contribution is 0.0952. The number of benzene rings is 1. The maximum absolute atomic E-state index is 12.2. The van der Waals surface area contributed by atoms with E-state index < -0.39 is 0 Å². The van der Waals surface area contributed by atoms with Crippen molar-refractivity contribution in [1.29, 1.82) is 0 Å². The Labute approximate surface area is 148 Å². The molecule has 0 atom stereocenters. The predicted octanol–water partition coefficient (Wildman–Crippen LogP) is 2.78. The summed E-state index contributed by atoms with van der Waals surface area (Å²) in [5.41, 5.74) is 0.913. The average Bonchev–Trinajstić information content (AvgIpc) is 2.58. The van der Waals surface area contributed by atoms with Crippen LogP contribution in [0.4, 0.5) is 0 Å². The first-order valence-electron chi connectivity index (χ1n) is 8.63. The molecule has 1 heterocycles. The third-order valence-corrected chi connectivity index (χ3v) is 3.97. The Morgan fingerprint density at radius 1 is 1.20 bits per heavy atom. The highest BCUT2D eigenvalue weighted by atomic mass is 16.5. The van der Waals surface area contributed by atoms with Crippen LogP contribution in [-0.2, 0) is 13.5 Å². The van der Waals surface area contributed by atoms with Crippen molar-refractivity contribution in [3.05, 3.63) is 64.1 Å². The zero-order valence-electron chi connectivity index (χ0n) is 15.1. The monoisotopic (exact) mass is 342 g/mol. The van der Waals surface area contributed by atoms with Crippen molar-refractivity contribution in [2.24, 2.45) is 13.0 Å². The van der Waals surface area contributed by atoms with Crippen LogP contribution in [0, 0.1) is 5.92 Å². The van der Waals surface area contributed by atoms with Gasteiger partial charge >= 0.3 is 0 Å². The summed E-state index contributed by atoms with van der Waals surface area (Å²) in [6.07, 6.45) is 3.28. The van der Waals surface area contributed by atoms with Crippen molar-refractivity contribution < 1.29 is 9.53 Å². The van der Waals surface area contributed by atoms with Gasteiger partial charge in [0, 0.05) is 19.8 Å². The molecule has 25 heavy (non-hydrogen) atoms. The van der Waals surface area contributed by atoms with Crippen molar-refractivity contribution in [3.63, 3.8) is 0 Å². The van der Waals surface area contributed by atoms with E-state index in [4.69, 9.17) is 4.74 Å². The van der Waals surface area contributed by atoms with Crippen molar-refractivity contribution >= 4 is 5.91 Å². The lowest BCUT2D eigenvalue weighted by atomic mass is 10.1. The summed E-state index contributed by atoms with van der Waals surface area (Å²) in [5.74, 6) is 1.10. The SMILES string of the molecule is CC(C)CCOc1ccccc1CCNC(=O)c1cccn(C)c1=O. The number of para-hydroxylation sites is 1. The zero-order chi connectivity index (χ0) is 18.2. The van der Waals surface area contributed by atoms with Gasteiger partial charge in [0.1, 0.15) is 11.3 Å². The molecular weight excluding hydrogens is 316 g/mol. The molecule has 0 aliphatic carbocycles. The van der Waals surface area contributed by atoms with Crippen LogP contribution in [0.15, 0.2) is 47.4 Å². The smallest absolute Gasteiger partial charge is 0.263 e. The minimum absolute atomic E-state index is 0.159. The molecule has 0 aliphatic rings. The number of carbonyl (C=O) groups excluding carboxylic acids is 1. The molecule has 0 saturated heterocycles. The Balaban J connectivity index is 1.92. The van der Waals surface area contributed by atoms with Crippen LogP contribution in [-0.4, -0.2) is 23.6 Å². The topological polar surface area (TPSA) is 60.3 Å². The number of pyridine rings is 1. The number of aromatic nitrogens is 1. The van der Waals surface area contributed by atoms with Crippen molar-refractivity contribution in [2.45, 2.75) is 26.7 Å². The van der Waals surface area contributed by atoms with Gasteiger partial charge in [-0.2, -0.15) is 0 Å². The fourth-order valence-electron chi connectivity index (χ4n) is 2.43. The summed E-state index contributed by atoms with van der Waals surface area (Å²) >= 11 is 0. The van der Waals surface area contributed by atoms with E-state index in [-0.39, 0.29) is 17.0 Å². The molecule has 0 spiro atoms. The molecule has 0 saturated carbocycles. The average molecular weight is 342 g/mol. The quantitative estimate of drug-likeness (QED) is 0.802. The summed E-state index contributed by atoms with van der Waals surface area (Å²) in [5, 5.41) is 2.81. The van der Waals surface area contributed by atoms with Crippen LogP contribution < -0.4 is 15.6 Å². The van der Waals surface area contributed by atoms with E-state index in [2.05, 4.69) is 19.2 Å². The van der Waals surface area contributed by atoms with Crippen LogP contribution in [0.25, 0.3) is 0 Å². The lowest BCUT2D eigenvalue weighted by Gasteiger charge is -2.13. The van der Waals surface area contributed by atoms with Gasteiger partial charge in [-0.1, -0.05) is 32.0 Å². The van der Waals surface area contributed by atoms with Gasteiger partial charge in [-0.25, -0.2) is 0 Å². The van der Waals surface area contributed by atoms with E-state index in [1.54, 1.807) is 25.4 Å². The molecule has 2 aromatic rings. The van der Waals surface area contributed by atoms with E-state index in [0.717, 1.165) is 17.7 Å². The number of aryl methyl sites for hydroxylation is 1. The number of amides is 1. The molecule has 5 heteroatoms. The summed E-state index contributed by atoms with van der Waals surface area (Å²) < 4.78 is 7.25. The highest BCUT2D eigenvalue weighted by Gasteiger charge is 2.11. The van der Waals surface area contributed by atoms with E-state index in [9.17, 15) is 9.59 Å². The molecule has 0 aliphatic heterocycles. The second kappa shape index (κ2) is 9.06. The Morgan fingerprint density at radius 3 is 2.72 bits per heavy atom. The molecule has 1 aromatic carbocycles. The highest BCUT2D eigenvalue weighted by molar-refractivity contribution is 5.93. The molecule has 1 aromatic heterocycles. The van der Waals surface area contributed by atoms with E-state index in [1.807, 2.05) is 24.3 Å². The summed E-state index contributed by atoms with van der Waals surface area (Å²) in [7, 11) is 1.63. The number of rotatable bonds is 8. The Bertz CT molecular complexity index is 766. The molecular formula is C20H26N2O3. The minimum Gasteiger partial charge on any atom is -0.493 e. The molecule has 1 N–H and O–H groups in total. The molecule has 134 valence electrons. The number of ether oxygens (including phenoxy) is 1. The Kier molecular flexibility index (Phi) is 6.81. The molecule has 0 fully saturated rings. The highest BCUT2D eigenvalue weighted by Crippen LogP contribution is 2.19. The third-order valence-electron chi connectivity index (χ3n) is 3.97. The first-order valence-corrected chi connectivity index (χ1v) is 8.63. The predicted molar refractivity (Wildman–Crippen MR) is 99.1 cm³/mol. The van der Waals surface area contributed by atoms with Crippen molar-refractivity contribution in [1.82, 2.24) is 9.88 Å². The van der Waals surface area contributed by atoms with E-state index >= 15 is 0 Å². The van der Waals surface area contributed by atoms with E-state index in [1.165, 1.54) is 4.57 Å². The molecule has 0 bridgehead atoms. The van der Waals surface area contributed by atoms with Gasteiger partial charge in [0.25, 0.3) is 11.5 Å². The summed E-state index contributed by atoms with van der Waals surface area (Å²) in [6, 6.07) is 11.1.